The smallest absolute Gasteiger partial charge is 0.0125 e. The van der Waals surface area contributed by atoms with Gasteiger partial charge in [0.15, 0.2) is 0 Å². The lowest BCUT2D eigenvalue weighted by atomic mass is 9.97. The van der Waals surface area contributed by atoms with E-state index in [-0.39, 0.29) is 11.1 Å². The van der Waals surface area contributed by atoms with Crippen LogP contribution < -0.4 is 11.1 Å². The van der Waals surface area contributed by atoms with Crippen molar-refractivity contribution in [2.75, 3.05) is 24.8 Å². The fourth-order valence-corrected chi connectivity index (χ4v) is 3.29. The highest BCUT2D eigenvalue weighted by Crippen LogP contribution is 2.45. The zero-order valence-corrected chi connectivity index (χ0v) is 15.4. The third-order valence-corrected chi connectivity index (χ3v) is 8.01. The van der Waals surface area contributed by atoms with Crippen molar-refractivity contribution >= 4 is 10.0 Å². The molecule has 3 N–H and O–H groups in total. The summed E-state index contributed by atoms with van der Waals surface area (Å²) in [5.74, 6) is 1.39. The molecular formula is C16H38N2S. The SMILES string of the molecule is CC(C)S(C)(C)CCCC(C)(C)NCCC(C)(C)N. The van der Waals surface area contributed by atoms with Gasteiger partial charge in [0.05, 0.1) is 0 Å². The summed E-state index contributed by atoms with van der Waals surface area (Å²) >= 11 is 0. The molecule has 118 valence electrons. The van der Waals surface area contributed by atoms with Gasteiger partial charge in [0.25, 0.3) is 0 Å². The maximum absolute atomic E-state index is 6.02. The second-order valence-electron chi connectivity index (χ2n) is 8.03. The first-order chi connectivity index (χ1) is 8.36. The molecule has 0 aliphatic rings. The molecule has 0 spiro atoms. The average Bonchev–Trinajstić information content (AvgIpc) is 2.13. The molecule has 0 amide bonds. The number of rotatable bonds is 9. The molecule has 0 fully saturated rings. The first-order valence-electron chi connectivity index (χ1n) is 7.59. The summed E-state index contributed by atoms with van der Waals surface area (Å²) in [6, 6.07) is 0. The number of hydrogen-bond acceptors (Lipinski definition) is 2. The zero-order chi connectivity index (χ0) is 15.3. The first-order valence-corrected chi connectivity index (χ1v) is 10.3. The lowest BCUT2D eigenvalue weighted by molar-refractivity contribution is 0.336. The largest absolute Gasteiger partial charge is 0.326 e. The predicted molar refractivity (Wildman–Crippen MR) is 93.6 cm³/mol. The number of hydrogen-bond donors (Lipinski definition) is 2. The van der Waals surface area contributed by atoms with Crippen LogP contribution in [0.5, 0.6) is 0 Å². The van der Waals surface area contributed by atoms with Crippen molar-refractivity contribution in [1.82, 2.24) is 5.32 Å². The van der Waals surface area contributed by atoms with Crippen LogP contribution >= 0.6 is 10.0 Å². The van der Waals surface area contributed by atoms with Gasteiger partial charge in [-0.3, -0.25) is 0 Å². The van der Waals surface area contributed by atoms with Crippen LogP contribution in [0.4, 0.5) is 0 Å². The predicted octanol–water partition coefficient (Wildman–Crippen LogP) is 3.73. The molecule has 0 saturated carbocycles. The summed E-state index contributed by atoms with van der Waals surface area (Å²) in [6.07, 6.45) is 8.54. The van der Waals surface area contributed by atoms with E-state index in [2.05, 4.69) is 59.4 Å². The van der Waals surface area contributed by atoms with Gasteiger partial charge in [-0.25, -0.2) is 10.0 Å². The van der Waals surface area contributed by atoms with E-state index in [1.807, 2.05) is 0 Å². The van der Waals surface area contributed by atoms with Gasteiger partial charge in [0.1, 0.15) is 0 Å². The van der Waals surface area contributed by atoms with Gasteiger partial charge < -0.3 is 11.1 Å². The highest BCUT2D eigenvalue weighted by Gasteiger charge is 2.21. The summed E-state index contributed by atoms with van der Waals surface area (Å²) in [5, 5.41) is 4.50. The van der Waals surface area contributed by atoms with Gasteiger partial charge in [0.2, 0.25) is 0 Å². The molecular weight excluding hydrogens is 252 g/mol. The van der Waals surface area contributed by atoms with Crippen molar-refractivity contribution in [2.24, 2.45) is 5.73 Å². The summed E-state index contributed by atoms with van der Waals surface area (Å²) in [6.45, 7) is 14.6. The highest BCUT2D eigenvalue weighted by molar-refractivity contribution is 8.33. The summed E-state index contributed by atoms with van der Waals surface area (Å²) < 4.78 is 0. The van der Waals surface area contributed by atoms with Gasteiger partial charge in [-0.15, -0.1) is 0 Å². The van der Waals surface area contributed by atoms with Crippen molar-refractivity contribution in [3.63, 3.8) is 0 Å². The maximum atomic E-state index is 6.02. The van der Waals surface area contributed by atoms with Crippen LogP contribution in [-0.4, -0.2) is 41.1 Å². The number of nitrogens with one attached hydrogen (secondary N) is 1. The van der Waals surface area contributed by atoms with Gasteiger partial charge in [-0.1, -0.05) is 13.8 Å². The van der Waals surface area contributed by atoms with Crippen molar-refractivity contribution in [1.29, 1.82) is 0 Å². The van der Waals surface area contributed by atoms with Crippen LogP contribution in [0.1, 0.15) is 60.8 Å². The first kappa shape index (κ1) is 19.3. The Morgan fingerprint density at radius 1 is 1.05 bits per heavy atom. The van der Waals surface area contributed by atoms with E-state index in [1.54, 1.807) is 0 Å². The van der Waals surface area contributed by atoms with Crippen molar-refractivity contribution in [3.8, 4) is 0 Å². The van der Waals surface area contributed by atoms with Crippen LogP contribution in [-0.2, 0) is 0 Å². The Kier molecular flexibility index (Phi) is 7.43. The lowest BCUT2D eigenvalue weighted by Crippen LogP contribution is -2.43. The van der Waals surface area contributed by atoms with E-state index < -0.39 is 10.0 Å². The molecule has 0 aliphatic heterocycles. The minimum Gasteiger partial charge on any atom is -0.326 e. The topological polar surface area (TPSA) is 38.0 Å². The van der Waals surface area contributed by atoms with E-state index in [1.165, 1.54) is 18.6 Å². The molecule has 0 aromatic heterocycles. The van der Waals surface area contributed by atoms with Crippen LogP contribution in [0.15, 0.2) is 0 Å². The minimum atomic E-state index is -0.412. The van der Waals surface area contributed by atoms with E-state index in [0.717, 1.165) is 18.2 Å². The van der Waals surface area contributed by atoms with E-state index in [9.17, 15) is 0 Å². The third-order valence-electron chi connectivity index (χ3n) is 4.12. The monoisotopic (exact) mass is 290 g/mol. The molecule has 0 rings (SSSR count). The van der Waals surface area contributed by atoms with Crippen LogP contribution in [0.3, 0.4) is 0 Å². The maximum Gasteiger partial charge on any atom is 0.0125 e. The second-order valence-corrected chi connectivity index (χ2v) is 12.6. The Morgan fingerprint density at radius 2 is 1.58 bits per heavy atom. The molecule has 19 heavy (non-hydrogen) atoms. The Bertz CT molecular complexity index is 252. The standard InChI is InChI=1S/C16H38N2S/c1-14(2)19(7,8)13-9-10-16(5,6)18-12-11-15(3,4)17/h14,18H,9-13,17H2,1-8H3. The molecule has 0 radical (unpaired) electrons. The molecule has 0 unspecified atom stereocenters. The highest BCUT2D eigenvalue weighted by atomic mass is 32.3. The van der Waals surface area contributed by atoms with E-state index >= 15 is 0 Å². The van der Waals surface area contributed by atoms with Gasteiger partial charge in [-0.05, 0) is 77.0 Å². The summed E-state index contributed by atoms with van der Waals surface area (Å²) in [5.41, 5.74) is 6.19. The van der Waals surface area contributed by atoms with E-state index in [0.29, 0.717) is 0 Å². The van der Waals surface area contributed by atoms with Crippen molar-refractivity contribution < 1.29 is 0 Å². The van der Waals surface area contributed by atoms with Crippen molar-refractivity contribution in [2.45, 2.75) is 77.1 Å². The lowest BCUT2D eigenvalue weighted by Gasteiger charge is -2.37. The zero-order valence-electron chi connectivity index (χ0n) is 14.6. The molecule has 2 nitrogen and oxygen atoms in total. The Hall–Kier alpha value is 0.270. The molecule has 0 atom stereocenters. The molecule has 0 heterocycles. The molecule has 0 aliphatic carbocycles. The Balaban J connectivity index is 3.98. The molecule has 0 bridgehead atoms. The third kappa shape index (κ3) is 9.75. The van der Waals surface area contributed by atoms with Crippen LogP contribution in [0.25, 0.3) is 0 Å². The van der Waals surface area contributed by atoms with Crippen LogP contribution in [0, 0.1) is 0 Å². The van der Waals surface area contributed by atoms with Gasteiger partial charge >= 0.3 is 0 Å². The van der Waals surface area contributed by atoms with Crippen molar-refractivity contribution in [3.05, 3.63) is 0 Å². The van der Waals surface area contributed by atoms with E-state index in [4.69, 9.17) is 5.73 Å². The quantitative estimate of drug-likeness (QED) is 0.679. The molecule has 3 heteroatoms. The summed E-state index contributed by atoms with van der Waals surface area (Å²) in [7, 11) is -0.412. The Labute approximate surface area is 123 Å². The molecule has 0 aromatic carbocycles. The van der Waals surface area contributed by atoms with Crippen LogP contribution in [0.2, 0.25) is 0 Å². The average molecular weight is 291 g/mol. The van der Waals surface area contributed by atoms with Gasteiger partial charge in [0, 0.05) is 11.1 Å². The fourth-order valence-electron chi connectivity index (χ4n) is 1.93. The normalized spacial score (nSPS) is 15.1. The summed E-state index contributed by atoms with van der Waals surface area (Å²) in [4.78, 5) is 0. The Morgan fingerprint density at radius 3 is 2.00 bits per heavy atom. The fraction of sp³-hybridized carbons (Fsp3) is 1.00. The molecule has 0 saturated heterocycles. The molecule has 0 aromatic rings. The second kappa shape index (κ2) is 7.33. The minimum absolute atomic E-state index is 0.0626. The van der Waals surface area contributed by atoms with Gasteiger partial charge in [-0.2, -0.15) is 0 Å². The number of nitrogens with two attached hydrogens (primary N) is 1.